The molecule has 0 unspecified atom stereocenters. The monoisotopic (exact) mass is 422 g/mol. The molecule has 0 fully saturated rings. The average Bonchev–Trinajstić information content (AvgIpc) is 3.42. The van der Waals surface area contributed by atoms with E-state index >= 15 is 0 Å². The first-order valence-electron chi connectivity index (χ1n) is 9.94. The Hall–Kier alpha value is -4.62. The van der Waals surface area contributed by atoms with Crippen molar-refractivity contribution in [3.8, 4) is 33.9 Å². The summed E-state index contributed by atoms with van der Waals surface area (Å²) in [5, 5.41) is 8.32. The Balaban J connectivity index is 1.79. The fourth-order valence-electron chi connectivity index (χ4n) is 3.85. The molecule has 32 heavy (non-hydrogen) atoms. The summed E-state index contributed by atoms with van der Waals surface area (Å²) >= 11 is 0. The molecule has 3 heterocycles. The Labute approximate surface area is 182 Å². The lowest BCUT2D eigenvalue weighted by Crippen LogP contribution is -2.15. The van der Waals surface area contributed by atoms with Gasteiger partial charge in [0.1, 0.15) is 5.52 Å². The van der Waals surface area contributed by atoms with Crippen LogP contribution < -0.4 is 5.56 Å². The van der Waals surface area contributed by atoms with Crippen molar-refractivity contribution in [2.45, 2.75) is 6.54 Å². The van der Waals surface area contributed by atoms with Gasteiger partial charge in [0.25, 0.3) is 5.56 Å². The molecule has 0 aliphatic heterocycles. The van der Waals surface area contributed by atoms with Gasteiger partial charge < -0.3 is 9.55 Å². The van der Waals surface area contributed by atoms with Gasteiger partial charge in [-0.15, -0.1) is 5.10 Å². The summed E-state index contributed by atoms with van der Waals surface area (Å²) in [4.78, 5) is 23.3. The quantitative estimate of drug-likeness (QED) is 0.254. The predicted octanol–water partition coefficient (Wildman–Crippen LogP) is 4.57. The molecular formula is C23H18N8O. The minimum Gasteiger partial charge on any atom is -0.331 e. The van der Waals surface area contributed by atoms with E-state index < -0.39 is 0 Å². The molecule has 0 saturated heterocycles. The average molecular weight is 422 g/mol. The summed E-state index contributed by atoms with van der Waals surface area (Å²) in [5.74, 6) is 0.949. The fraction of sp³-hybridized carbons (Fsp3) is 0.0870. The van der Waals surface area contributed by atoms with E-state index in [1.807, 2.05) is 67.8 Å². The highest BCUT2D eigenvalue weighted by atomic mass is 16.1. The number of aromatic nitrogens is 5. The maximum Gasteiger partial charge on any atom is 0.276 e. The highest BCUT2D eigenvalue weighted by Gasteiger charge is 2.20. The zero-order valence-corrected chi connectivity index (χ0v) is 17.2. The maximum atomic E-state index is 13.2. The van der Waals surface area contributed by atoms with Crippen LogP contribution in [0.4, 0.5) is 0 Å². The molecule has 3 aromatic heterocycles. The third-order valence-electron chi connectivity index (χ3n) is 5.29. The lowest BCUT2D eigenvalue weighted by molar-refractivity contribution is 0.851. The number of fused-ring (bicyclic) bond motifs is 1. The zero-order valence-electron chi connectivity index (χ0n) is 17.2. The van der Waals surface area contributed by atoms with Crippen LogP contribution in [0.2, 0.25) is 0 Å². The number of imidazole rings is 1. The number of nitrogens with one attached hydrogen (secondary N) is 1. The van der Waals surface area contributed by atoms with Crippen molar-refractivity contribution in [1.82, 2.24) is 24.1 Å². The summed E-state index contributed by atoms with van der Waals surface area (Å²) < 4.78 is 3.41. The van der Waals surface area contributed by atoms with Gasteiger partial charge in [-0.05, 0) is 22.2 Å². The highest BCUT2D eigenvalue weighted by Crippen LogP contribution is 2.36. The van der Waals surface area contributed by atoms with Crippen LogP contribution in [0.25, 0.3) is 49.9 Å². The molecule has 0 saturated carbocycles. The standard InChI is InChI=1S/C23H18N8O/c1-30-11-10-25-22(30)21-27-23(32)20-19(16-7-3-2-4-8-16)18(14-31(20)28-21)17-9-5-6-15(12-17)13-26-29-24/h2-12,14H,13H2,1H3,(H,27,28,32). The van der Waals surface area contributed by atoms with E-state index in [9.17, 15) is 4.79 Å². The van der Waals surface area contributed by atoms with Gasteiger partial charge in [-0.3, -0.25) is 4.79 Å². The van der Waals surface area contributed by atoms with Gasteiger partial charge in [-0.2, -0.15) is 0 Å². The Morgan fingerprint density at radius 2 is 1.94 bits per heavy atom. The minimum atomic E-state index is -0.256. The molecule has 0 aliphatic rings. The molecular weight excluding hydrogens is 404 g/mol. The number of H-pyrrole nitrogens is 1. The van der Waals surface area contributed by atoms with Gasteiger partial charge in [0.15, 0.2) is 11.6 Å². The van der Waals surface area contributed by atoms with Crippen LogP contribution in [-0.2, 0) is 13.6 Å². The SMILES string of the molecule is Cn1ccnc1-c1nn2cc(-c3cccc(CN=[N+]=[N-])c3)c(-c3ccccc3)c2c(=O)[nH]1. The summed E-state index contributed by atoms with van der Waals surface area (Å²) in [7, 11) is 1.85. The molecule has 0 atom stereocenters. The van der Waals surface area contributed by atoms with Crippen molar-refractivity contribution in [1.29, 1.82) is 0 Å². The van der Waals surface area contributed by atoms with Crippen molar-refractivity contribution in [2.75, 3.05) is 0 Å². The zero-order chi connectivity index (χ0) is 22.1. The number of rotatable bonds is 5. The van der Waals surface area contributed by atoms with E-state index in [0.29, 0.717) is 17.2 Å². The molecule has 0 bridgehead atoms. The second kappa shape index (κ2) is 7.90. The number of hydrogen-bond acceptors (Lipinski definition) is 4. The third-order valence-corrected chi connectivity index (χ3v) is 5.29. The number of aryl methyl sites for hydroxylation is 1. The summed E-state index contributed by atoms with van der Waals surface area (Å²) in [6.45, 7) is 0.251. The molecule has 2 aromatic carbocycles. The Bertz CT molecular complexity index is 1540. The molecule has 0 radical (unpaired) electrons. The number of aromatic amines is 1. The van der Waals surface area contributed by atoms with Gasteiger partial charge in [-0.25, -0.2) is 9.50 Å². The molecule has 5 rings (SSSR count). The number of hydrogen-bond donors (Lipinski definition) is 1. The topological polar surface area (TPSA) is 117 Å². The van der Waals surface area contributed by atoms with E-state index in [0.717, 1.165) is 27.8 Å². The summed E-state index contributed by atoms with van der Waals surface area (Å²) in [6, 6.07) is 17.5. The fourth-order valence-corrected chi connectivity index (χ4v) is 3.85. The molecule has 1 N–H and O–H groups in total. The van der Waals surface area contributed by atoms with E-state index in [4.69, 9.17) is 5.53 Å². The molecule has 9 nitrogen and oxygen atoms in total. The van der Waals surface area contributed by atoms with E-state index in [1.54, 1.807) is 21.5 Å². The predicted molar refractivity (Wildman–Crippen MR) is 122 cm³/mol. The van der Waals surface area contributed by atoms with Crippen LogP contribution in [0.15, 0.2) is 83.1 Å². The maximum absolute atomic E-state index is 13.2. The second-order valence-electron chi connectivity index (χ2n) is 7.33. The van der Waals surface area contributed by atoms with Gasteiger partial charge in [0, 0.05) is 41.7 Å². The van der Waals surface area contributed by atoms with Crippen molar-refractivity contribution < 1.29 is 0 Å². The van der Waals surface area contributed by atoms with Gasteiger partial charge in [0.2, 0.25) is 0 Å². The van der Waals surface area contributed by atoms with E-state index in [1.165, 1.54) is 0 Å². The van der Waals surface area contributed by atoms with Gasteiger partial charge >= 0.3 is 0 Å². The normalized spacial score (nSPS) is 10.9. The largest absolute Gasteiger partial charge is 0.331 e. The minimum absolute atomic E-state index is 0.251. The molecule has 5 aromatic rings. The summed E-state index contributed by atoms with van der Waals surface area (Å²) in [6.07, 6.45) is 5.31. The lowest BCUT2D eigenvalue weighted by atomic mass is 9.96. The van der Waals surface area contributed by atoms with Crippen molar-refractivity contribution in [3.05, 3.63) is 99.5 Å². The first kappa shape index (κ1) is 19.3. The molecule has 9 heteroatoms. The van der Waals surface area contributed by atoms with Gasteiger partial charge in [-0.1, -0.05) is 59.7 Å². The smallest absolute Gasteiger partial charge is 0.276 e. The first-order valence-corrected chi connectivity index (χ1v) is 9.94. The number of benzene rings is 2. The first-order chi connectivity index (χ1) is 15.7. The molecule has 156 valence electrons. The highest BCUT2D eigenvalue weighted by molar-refractivity contribution is 5.94. The Morgan fingerprint density at radius 1 is 1.12 bits per heavy atom. The Morgan fingerprint density at radius 3 is 2.69 bits per heavy atom. The van der Waals surface area contributed by atoms with Crippen LogP contribution in [0.5, 0.6) is 0 Å². The van der Waals surface area contributed by atoms with E-state index in [2.05, 4.69) is 25.1 Å². The summed E-state index contributed by atoms with van der Waals surface area (Å²) in [5.41, 5.74) is 13.2. The van der Waals surface area contributed by atoms with Crippen LogP contribution in [0.3, 0.4) is 0 Å². The molecule has 0 spiro atoms. The van der Waals surface area contributed by atoms with Crippen LogP contribution in [0.1, 0.15) is 5.56 Å². The number of azide groups is 1. The van der Waals surface area contributed by atoms with Crippen LogP contribution in [-0.4, -0.2) is 24.1 Å². The second-order valence-corrected chi connectivity index (χ2v) is 7.33. The van der Waals surface area contributed by atoms with Crippen molar-refractivity contribution >= 4 is 5.52 Å². The van der Waals surface area contributed by atoms with E-state index in [-0.39, 0.29) is 12.1 Å². The number of nitrogens with zero attached hydrogens (tertiary/aromatic N) is 7. The third kappa shape index (κ3) is 3.32. The van der Waals surface area contributed by atoms with Gasteiger partial charge in [0.05, 0.1) is 6.54 Å². The lowest BCUT2D eigenvalue weighted by Gasteiger charge is -2.07. The van der Waals surface area contributed by atoms with Crippen molar-refractivity contribution in [2.24, 2.45) is 12.2 Å². The molecule has 0 aliphatic carbocycles. The Kier molecular flexibility index (Phi) is 4.78. The van der Waals surface area contributed by atoms with Crippen LogP contribution >= 0.6 is 0 Å². The van der Waals surface area contributed by atoms with Crippen molar-refractivity contribution in [3.63, 3.8) is 0 Å². The van der Waals surface area contributed by atoms with Crippen LogP contribution in [0, 0.1) is 0 Å². The molecule has 0 amide bonds.